The van der Waals surface area contributed by atoms with E-state index < -0.39 is 0 Å². The molecule has 2 aromatic heterocycles. The molecule has 0 saturated heterocycles. The van der Waals surface area contributed by atoms with Gasteiger partial charge in [0.05, 0.1) is 0 Å². The molecule has 6 nitrogen and oxygen atoms in total. The number of benzene rings is 2. The summed E-state index contributed by atoms with van der Waals surface area (Å²) in [6.45, 7) is 8.30. The molecule has 0 fully saturated rings. The minimum Gasteiger partial charge on any atom is -0.355 e. The van der Waals surface area contributed by atoms with E-state index in [-0.39, 0.29) is 11.6 Å². The Morgan fingerprint density at radius 1 is 1.06 bits per heavy atom. The summed E-state index contributed by atoms with van der Waals surface area (Å²) in [4.78, 5) is 27.7. The lowest BCUT2D eigenvalue weighted by Gasteiger charge is -2.23. The monoisotopic (exact) mass is 445 g/mol. The number of hydrogen-bond donors (Lipinski definition) is 0. The van der Waals surface area contributed by atoms with E-state index in [1.54, 1.807) is 12.1 Å². The Kier molecular flexibility index (Phi) is 6.77. The van der Waals surface area contributed by atoms with Crippen LogP contribution in [0.2, 0.25) is 0 Å². The number of unbranched alkanes of at least 4 members (excludes halogenated alkanes) is 1. The number of aromatic nitrogens is 4. The van der Waals surface area contributed by atoms with Gasteiger partial charge in [-0.2, -0.15) is 0 Å². The Bertz CT molecular complexity index is 1270. The predicted molar refractivity (Wildman–Crippen MR) is 129 cm³/mol. The SMILES string of the molecule is CCCCN(CC)c1nc(C=O)nc2nc(-c3cccc(C)c3)n(Cc3ccc(F)cc3)c12. The van der Waals surface area contributed by atoms with Gasteiger partial charge in [0.25, 0.3) is 0 Å². The number of halogens is 1. The van der Waals surface area contributed by atoms with E-state index >= 15 is 0 Å². The smallest absolute Gasteiger partial charge is 0.196 e. The van der Waals surface area contributed by atoms with E-state index in [0.717, 1.165) is 54.0 Å². The van der Waals surface area contributed by atoms with Gasteiger partial charge in [-0.3, -0.25) is 4.79 Å². The minimum atomic E-state index is -0.274. The average Bonchev–Trinajstić information content (AvgIpc) is 3.19. The van der Waals surface area contributed by atoms with E-state index in [9.17, 15) is 9.18 Å². The van der Waals surface area contributed by atoms with Crippen molar-refractivity contribution in [3.8, 4) is 11.4 Å². The van der Waals surface area contributed by atoms with Gasteiger partial charge in [0.2, 0.25) is 0 Å². The number of fused-ring (bicyclic) bond motifs is 1. The summed E-state index contributed by atoms with van der Waals surface area (Å²) in [7, 11) is 0. The van der Waals surface area contributed by atoms with Crippen LogP contribution in [-0.2, 0) is 6.54 Å². The minimum absolute atomic E-state index is 0.120. The maximum atomic E-state index is 13.5. The number of aldehydes is 1. The second-order valence-corrected chi connectivity index (χ2v) is 8.15. The highest BCUT2D eigenvalue weighted by Gasteiger charge is 2.22. The lowest BCUT2D eigenvalue weighted by molar-refractivity contribution is 0.111. The summed E-state index contributed by atoms with van der Waals surface area (Å²) in [5, 5.41) is 0. The molecule has 7 heteroatoms. The number of aryl methyl sites for hydroxylation is 1. The highest BCUT2D eigenvalue weighted by Crippen LogP contribution is 2.31. The van der Waals surface area contributed by atoms with Crippen LogP contribution < -0.4 is 4.90 Å². The Hall–Kier alpha value is -3.61. The van der Waals surface area contributed by atoms with E-state index in [1.165, 1.54) is 12.1 Å². The van der Waals surface area contributed by atoms with Crippen LogP contribution in [0.15, 0.2) is 48.5 Å². The van der Waals surface area contributed by atoms with Crippen LogP contribution in [-0.4, -0.2) is 38.9 Å². The molecule has 2 heterocycles. The standard InChI is InChI=1S/C26H28FN5O/c1-4-6-14-31(5-2)26-23-24(28-22(17-33)29-26)30-25(20-9-7-8-18(3)15-20)32(23)16-19-10-12-21(27)13-11-19/h7-13,15,17H,4-6,14,16H2,1-3H3. The molecule has 0 saturated carbocycles. The zero-order valence-electron chi connectivity index (χ0n) is 19.3. The van der Waals surface area contributed by atoms with Crippen LogP contribution in [0.25, 0.3) is 22.6 Å². The molecule has 2 aromatic carbocycles. The summed E-state index contributed by atoms with van der Waals surface area (Å²) >= 11 is 0. The first-order chi connectivity index (χ1) is 16.0. The number of carbonyl (C=O) groups is 1. The van der Waals surface area contributed by atoms with Gasteiger partial charge in [-0.05, 0) is 44.0 Å². The summed E-state index contributed by atoms with van der Waals surface area (Å²) in [6, 6.07) is 14.6. The third-order valence-electron chi connectivity index (χ3n) is 5.70. The quantitative estimate of drug-likeness (QED) is 0.322. The zero-order valence-corrected chi connectivity index (χ0v) is 19.3. The lowest BCUT2D eigenvalue weighted by Crippen LogP contribution is -2.26. The molecule has 0 aliphatic rings. The summed E-state index contributed by atoms with van der Waals surface area (Å²) < 4.78 is 15.6. The fourth-order valence-corrected chi connectivity index (χ4v) is 4.00. The Morgan fingerprint density at radius 2 is 1.85 bits per heavy atom. The van der Waals surface area contributed by atoms with E-state index in [4.69, 9.17) is 4.98 Å². The van der Waals surface area contributed by atoms with Gasteiger partial charge in [0.15, 0.2) is 23.6 Å². The van der Waals surface area contributed by atoms with Crippen LogP contribution in [0.4, 0.5) is 10.2 Å². The number of hydrogen-bond acceptors (Lipinski definition) is 5. The number of imidazole rings is 1. The highest BCUT2D eigenvalue weighted by molar-refractivity contribution is 5.90. The second kappa shape index (κ2) is 9.90. The first-order valence-electron chi connectivity index (χ1n) is 11.3. The molecule has 4 aromatic rings. The van der Waals surface area contributed by atoms with Crippen molar-refractivity contribution in [1.82, 2.24) is 19.5 Å². The predicted octanol–water partition coefficient (Wildman–Crippen LogP) is 5.43. The van der Waals surface area contributed by atoms with Crippen LogP contribution in [0.3, 0.4) is 0 Å². The van der Waals surface area contributed by atoms with Crippen LogP contribution >= 0.6 is 0 Å². The van der Waals surface area contributed by atoms with Crippen molar-refractivity contribution in [3.63, 3.8) is 0 Å². The van der Waals surface area contributed by atoms with Crippen molar-refractivity contribution in [2.45, 2.75) is 40.2 Å². The number of carbonyl (C=O) groups excluding carboxylic acids is 1. The molecule has 0 amide bonds. The second-order valence-electron chi connectivity index (χ2n) is 8.15. The largest absolute Gasteiger partial charge is 0.355 e. The maximum Gasteiger partial charge on any atom is 0.196 e. The number of anilines is 1. The highest BCUT2D eigenvalue weighted by atomic mass is 19.1. The first-order valence-corrected chi connectivity index (χ1v) is 11.3. The Morgan fingerprint density at radius 3 is 2.52 bits per heavy atom. The molecule has 4 rings (SSSR count). The van der Waals surface area contributed by atoms with Crippen molar-refractivity contribution < 1.29 is 9.18 Å². The fourth-order valence-electron chi connectivity index (χ4n) is 4.00. The molecule has 0 unspecified atom stereocenters. The average molecular weight is 446 g/mol. The van der Waals surface area contributed by atoms with Crippen molar-refractivity contribution in [3.05, 3.63) is 71.3 Å². The first kappa shape index (κ1) is 22.6. The summed E-state index contributed by atoms with van der Waals surface area (Å²) in [5.41, 5.74) is 4.26. The molecule has 33 heavy (non-hydrogen) atoms. The molecule has 0 atom stereocenters. The summed E-state index contributed by atoms with van der Waals surface area (Å²) in [5.74, 6) is 1.29. The molecule has 170 valence electrons. The van der Waals surface area contributed by atoms with E-state index in [2.05, 4.69) is 39.3 Å². The van der Waals surface area contributed by atoms with Crippen LogP contribution in [0, 0.1) is 12.7 Å². The molecule has 0 aliphatic carbocycles. The fraction of sp³-hybridized carbons (Fsp3) is 0.308. The third-order valence-corrected chi connectivity index (χ3v) is 5.70. The van der Waals surface area contributed by atoms with Crippen molar-refractivity contribution in [2.24, 2.45) is 0 Å². The van der Waals surface area contributed by atoms with Crippen molar-refractivity contribution >= 4 is 23.3 Å². The molecule has 0 bridgehead atoms. The Labute approximate surface area is 193 Å². The molecule has 0 radical (unpaired) electrons. The van der Waals surface area contributed by atoms with Gasteiger partial charge in [-0.1, -0.05) is 49.2 Å². The van der Waals surface area contributed by atoms with E-state index in [0.29, 0.717) is 24.3 Å². The third kappa shape index (κ3) is 4.77. The van der Waals surface area contributed by atoms with E-state index in [1.807, 2.05) is 25.1 Å². The van der Waals surface area contributed by atoms with Gasteiger partial charge in [0.1, 0.15) is 17.2 Å². The zero-order chi connectivity index (χ0) is 23.4. The molecular formula is C26H28FN5O. The molecule has 0 spiro atoms. The topological polar surface area (TPSA) is 63.9 Å². The van der Waals surface area contributed by atoms with Gasteiger partial charge in [-0.15, -0.1) is 0 Å². The molecule has 0 N–H and O–H groups in total. The van der Waals surface area contributed by atoms with Gasteiger partial charge >= 0.3 is 0 Å². The Balaban J connectivity index is 1.98. The van der Waals surface area contributed by atoms with Gasteiger partial charge < -0.3 is 9.47 Å². The molecule has 0 aliphatic heterocycles. The lowest BCUT2D eigenvalue weighted by atomic mass is 10.1. The molecular weight excluding hydrogens is 417 g/mol. The van der Waals surface area contributed by atoms with Gasteiger partial charge in [0, 0.05) is 25.2 Å². The maximum absolute atomic E-state index is 13.5. The summed E-state index contributed by atoms with van der Waals surface area (Å²) in [6.07, 6.45) is 2.73. The van der Waals surface area contributed by atoms with Crippen LogP contribution in [0.1, 0.15) is 48.4 Å². The normalized spacial score (nSPS) is 11.2. The van der Waals surface area contributed by atoms with Crippen molar-refractivity contribution in [1.29, 1.82) is 0 Å². The van der Waals surface area contributed by atoms with Crippen molar-refractivity contribution in [2.75, 3.05) is 18.0 Å². The van der Waals surface area contributed by atoms with Gasteiger partial charge in [-0.25, -0.2) is 19.3 Å². The number of rotatable bonds is 9. The number of nitrogens with zero attached hydrogens (tertiary/aromatic N) is 5. The van der Waals surface area contributed by atoms with Crippen LogP contribution in [0.5, 0.6) is 0 Å².